The van der Waals surface area contributed by atoms with Crippen LogP contribution in [-0.2, 0) is 13.1 Å². The minimum absolute atomic E-state index is 0. The molecule has 0 bridgehead atoms. The molecule has 0 aliphatic carbocycles. The molecule has 0 aliphatic heterocycles. The molecule has 0 saturated heterocycles. The second kappa shape index (κ2) is 10.7. The van der Waals surface area contributed by atoms with Crippen LogP contribution in [0.4, 0.5) is 0 Å². The number of aliphatic imine (C=N–C) groups is 1. The molecule has 132 valence electrons. The van der Waals surface area contributed by atoms with Crippen molar-refractivity contribution in [2.75, 3.05) is 20.1 Å². The van der Waals surface area contributed by atoms with Gasteiger partial charge in [0.1, 0.15) is 0 Å². The highest BCUT2D eigenvalue weighted by atomic mass is 127. The quantitative estimate of drug-likeness (QED) is 0.370. The largest absolute Gasteiger partial charge is 0.357 e. The van der Waals surface area contributed by atoms with E-state index in [4.69, 9.17) is 4.99 Å². The molecule has 0 saturated carbocycles. The zero-order valence-corrected chi connectivity index (χ0v) is 18.3. The normalized spacial score (nSPS) is 11.1. The molecule has 2 aromatic rings. The molecule has 0 amide bonds. The Balaban J connectivity index is 0.00000288. The Morgan fingerprint density at radius 1 is 1.38 bits per heavy atom. The summed E-state index contributed by atoms with van der Waals surface area (Å²) in [5.41, 5.74) is 2.41. The predicted octanol–water partition coefficient (Wildman–Crippen LogP) is 3.67. The standard InChI is InChI=1S/C17H24BrN5.HI/c1-4-19-17(20-9-10-23-12-14(2)11-21-23)22(3)13-15-7-5-6-8-16(15)18;/h5-8,11-12H,4,9-10,13H2,1-3H3,(H,19,20);1H. The minimum Gasteiger partial charge on any atom is -0.357 e. The average Bonchev–Trinajstić information content (AvgIpc) is 2.94. The monoisotopic (exact) mass is 505 g/mol. The lowest BCUT2D eigenvalue weighted by Crippen LogP contribution is -2.38. The first kappa shape index (κ1) is 21.0. The Bertz CT molecular complexity index is 656. The van der Waals surface area contributed by atoms with E-state index in [9.17, 15) is 0 Å². The molecule has 0 aliphatic rings. The van der Waals surface area contributed by atoms with Crippen molar-refractivity contribution in [1.82, 2.24) is 20.0 Å². The summed E-state index contributed by atoms with van der Waals surface area (Å²) >= 11 is 3.60. The Labute approximate surface area is 169 Å². The Hall–Kier alpha value is -1.09. The number of aryl methyl sites for hydroxylation is 1. The van der Waals surface area contributed by atoms with Crippen LogP contribution in [0.3, 0.4) is 0 Å². The molecular formula is C17H25BrIN5. The van der Waals surface area contributed by atoms with Crippen molar-refractivity contribution in [3.05, 3.63) is 52.3 Å². The Morgan fingerprint density at radius 2 is 2.12 bits per heavy atom. The number of benzene rings is 1. The Morgan fingerprint density at radius 3 is 2.75 bits per heavy atom. The van der Waals surface area contributed by atoms with Crippen LogP contribution >= 0.6 is 39.9 Å². The number of halogens is 2. The number of nitrogens with zero attached hydrogens (tertiary/aromatic N) is 4. The number of guanidine groups is 1. The van der Waals surface area contributed by atoms with E-state index in [-0.39, 0.29) is 24.0 Å². The van der Waals surface area contributed by atoms with Crippen LogP contribution in [0.15, 0.2) is 46.1 Å². The molecule has 0 radical (unpaired) electrons. The molecular weight excluding hydrogens is 481 g/mol. The molecule has 0 atom stereocenters. The summed E-state index contributed by atoms with van der Waals surface area (Å²) in [6.45, 7) is 7.25. The third kappa shape index (κ3) is 6.43. The summed E-state index contributed by atoms with van der Waals surface area (Å²) in [6, 6.07) is 8.26. The summed E-state index contributed by atoms with van der Waals surface area (Å²) in [5.74, 6) is 0.909. The highest BCUT2D eigenvalue weighted by Crippen LogP contribution is 2.17. The van der Waals surface area contributed by atoms with Gasteiger partial charge >= 0.3 is 0 Å². The third-order valence-corrected chi connectivity index (χ3v) is 4.19. The van der Waals surface area contributed by atoms with Crippen LogP contribution < -0.4 is 5.32 Å². The summed E-state index contributed by atoms with van der Waals surface area (Å²) < 4.78 is 3.05. The van der Waals surface area contributed by atoms with Crippen LogP contribution in [0, 0.1) is 6.92 Å². The summed E-state index contributed by atoms with van der Waals surface area (Å²) in [5, 5.41) is 7.63. The van der Waals surface area contributed by atoms with Crippen molar-refractivity contribution in [2.24, 2.45) is 4.99 Å². The van der Waals surface area contributed by atoms with Crippen molar-refractivity contribution < 1.29 is 0 Å². The molecule has 5 nitrogen and oxygen atoms in total. The molecule has 2 rings (SSSR count). The van der Waals surface area contributed by atoms with E-state index < -0.39 is 0 Å². The number of nitrogens with one attached hydrogen (secondary N) is 1. The number of hydrogen-bond acceptors (Lipinski definition) is 2. The van der Waals surface area contributed by atoms with Crippen molar-refractivity contribution in [2.45, 2.75) is 26.9 Å². The fraction of sp³-hybridized carbons (Fsp3) is 0.412. The summed E-state index contributed by atoms with van der Waals surface area (Å²) in [4.78, 5) is 6.84. The van der Waals surface area contributed by atoms with Gasteiger partial charge in [-0.05, 0) is 31.0 Å². The van der Waals surface area contributed by atoms with Crippen LogP contribution in [0.1, 0.15) is 18.1 Å². The lowest BCUT2D eigenvalue weighted by Gasteiger charge is -2.22. The number of rotatable bonds is 6. The van der Waals surface area contributed by atoms with Crippen molar-refractivity contribution in [3.8, 4) is 0 Å². The van der Waals surface area contributed by atoms with E-state index in [1.54, 1.807) is 0 Å². The van der Waals surface area contributed by atoms with E-state index >= 15 is 0 Å². The fourth-order valence-electron chi connectivity index (χ4n) is 2.27. The SMILES string of the molecule is CCNC(=NCCn1cc(C)cn1)N(C)Cc1ccccc1Br.I. The molecule has 1 heterocycles. The first-order valence-electron chi connectivity index (χ1n) is 7.82. The van der Waals surface area contributed by atoms with Crippen molar-refractivity contribution in [1.29, 1.82) is 0 Å². The molecule has 7 heteroatoms. The molecule has 0 unspecified atom stereocenters. The Kier molecular flexibility index (Phi) is 9.35. The average molecular weight is 506 g/mol. The maximum absolute atomic E-state index is 4.70. The van der Waals surface area contributed by atoms with E-state index in [1.807, 2.05) is 30.1 Å². The van der Waals surface area contributed by atoms with Gasteiger partial charge in [0, 0.05) is 30.8 Å². The second-order valence-electron chi connectivity index (χ2n) is 5.46. The molecule has 1 aromatic heterocycles. The van der Waals surface area contributed by atoms with Gasteiger partial charge < -0.3 is 10.2 Å². The smallest absolute Gasteiger partial charge is 0.194 e. The van der Waals surface area contributed by atoms with Gasteiger partial charge in [-0.2, -0.15) is 5.10 Å². The van der Waals surface area contributed by atoms with Gasteiger partial charge in [-0.3, -0.25) is 9.67 Å². The highest BCUT2D eigenvalue weighted by Gasteiger charge is 2.08. The van der Waals surface area contributed by atoms with E-state index in [2.05, 4.69) is 63.4 Å². The first-order valence-corrected chi connectivity index (χ1v) is 8.61. The molecule has 1 aromatic carbocycles. The summed E-state index contributed by atoms with van der Waals surface area (Å²) in [7, 11) is 2.05. The van der Waals surface area contributed by atoms with Crippen molar-refractivity contribution >= 4 is 45.9 Å². The molecule has 0 fully saturated rings. The molecule has 1 N–H and O–H groups in total. The van der Waals surface area contributed by atoms with Gasteiger partial charge in [-0.15, -0.1) is 24.0 Å². The highest BCUT2D eigenvalue weighted by molar-refractivity contribution is 14.0. The number of hydrogen-bond donors (Lipinski definition) is 1. The van der Waals surface area contributed by atoms with Gasteiger partial charge in [-0.25, -0.2) is 0 Å². The molecule has 24 heavy (non-hydrogen) atoms. The maximum Gasteiger partial charge on any atom is 0.194 e. The van der Waals surface area contributed by atoms with Gasteiger partial charge in [-0.1, -0.05) is 34.1 Å². The second-order valence-corrected chi connectivity index (χ2v) is 6.32. The lowest BCUT2D eigenvalue weighted by molar-refractivity contribution is 0.474. The van der Waals surface area contributed by atoms with Gasteiger partial charge in [0.15, 0.2) is 5.96 Å². The minimum atomic E-state index is 0. The maximum atomic E-state index is 4.70. The third-order valence-electron chi connectivity index (χ3n) is 3.41. The zero-order chi connectivity index (χ0) is 16.7. The number of aromatic nitrogens is 2. The summed E-state index contributed by atoms with van der Waals surface area (Å²) in [6.07, 6.45) is 3.90. The topological polar surface area (TPSA) is 45.5 Å². The van der Waals surface area contributed by atoms with Crippen LogP contribution in [0.25, 0.3) is 0 Å². The van der Waals surface area contributed by atoms with Crippen LogP contribution in [-0.4, -0.2) is 40.8 Å². The van der Waals surface area contributed by atoms with E-state index in [1.165, 1.54) is 11.1 Å². The zero-order valence-electron chi connectivity index (χ0n) is 14.4. The van der Waals surface area contributed by atoms with E-state index in [0.29, 0.717) is 6.54 Å². The van der Waals surface area contributed by atoms with Gasteiger partial charge in [0.2, 0.25) is 0 Å². The first-order chi connectivity index (χ1) is 11.1. The fourth-order valence-corrected chi connectivity index (χ4v) is 2.68. The van der Waals surface area contributed by atoms with Gasteiger partial charge in [0.25, 0.3) is 0 Å². The van der Waals surface area contributed by atoms with Crippen LogP contribution in [0.2, 0.25) is 0 Å². The lowest BCUT2D eigenvalue weighted by atomic mass is 10.2. The predicted molar refractivity (Wildman–Crippen MR) is 114 cm³/mol. The van der Waals surface area contributed by atoms with Crippen molar-refractivity contribution in [3.63, 3.8) is 0 Å². The molecule has 0 spiro atoms. The van der Waals surface area contributed by atoms with Crippen LogP contribution in [0.5, 0.6) is 0 Å². The van der Waals surface area contributed by atoms with Gasteiger partial charge in [0.05, 0.1) is 19.3 Å². The van der Waals surface area contributed by atoms with E-state index in [0.717, 1.165) is 30.1 Å².